The van der Waals surface area contributed by atoms with Crippen LogP contribution in [0.5, 0.6) is 0 Å². The van der Waals surface area contributed by atoms with E-state index < -0.39 is 29.6 Å². The van der Waals surface area contributed by atoms with Crippen LogP contribution in [0.4, 0.5) is 10.5 Å². The van der Waals surface area contributed by atoms with Crippen LogP contribution in [0.2, 0.25) is 0 Å². The monoisotopic (exact) mass is 419 g/mol. The van der Waals surface area contributed by atoms with Crippen molar-refractivity contribution < 1.29 is 19.1 Å². The van der Waals surface area contributed by atoms with Gasteiger partial charge in [-0.15, -0.1) is 11.3 Å². The smallest absolute Gasteiger partial charge is 0.408 e. The Morgan fingerprint density at radius 3 is 2.33 bits per heavy atom. The van der Waals surface area contributed by atoms with Gasteiger partial charge in [0.15, 0.2) is 6.10 Å². The molecule has 0 spiro atoms. The Morgan fingerprint density at radius 1 is 1.29 bits per heavy atom. The second kappa shape index (κ2) is 7.98. The van der Waals surface area contributed by atoms with Gasteiger partial charge in [0.25, 0.3) is 11.8 Å². The summed E-state index contributed by atoms with van der Waals surface area (Å²) in [6.07, 6.45) is -1.69. The van der Waals surface area contributed by atoms with Gasteiger partial charge in [0.05, 0.1) is 9.47 Å². The molecule has 0 unspecified atom stereocenters. The first kappa shape index (κ1) is 20.4. The number of anilines is 1. The van der Waals surface area contributed by atoms with Crippen molar-refractivity contribution in [3.8, 4) is 0 Å². The van der Waals surface area contributed by atoms with E-state index in [4.69, 9.17) is 10.5 Å². The van der Waals surface area contributed by atoms with E-state index in [2.05, 4.69) is 26.6 Å². The molecule has 0 saturated carbocycles. The number of rotatable bonds is 5. The minimum Gasteiger partial charge on any atom is -0.436 e. The van der Waals surface area contributed by atoms with Crippen molar-refractivity contribution in [2.75, 3.05) is 5.32 Å². The number of carbonyl (C=O) groups excluding carboxylic acids is 3. The number of nitrogens with one attached hydrogen (secondary N) is 2. The first-order chi connectivity index (χ1) is 10.9. The highest BCUT2D eigenvalue weighted by molar-refractivity contribution is 9.11. The lowest BCUT2D eigenvalue weighted by atomic mass is 10.1. The molecule has 9 heteroatoms. The largest absolute Gasteiger partial charge is 0.436 e. The number of amides is 3. The summed E-state index contributed by atoms with van der Waals surface area (Å²) in [6, 6.07) is 1.58. The van der Waals surface area contributed by atoms with Gasteiger partial charge in [-0.2, -0.15) is 0 Å². The molecule has 1 rings (SSSR count). The average Bonchev–Trinajstić information content (AvgIpc) is 2.74. The second-order valence-corrected chi connectivity index (χ2v) is 9.02. The third kappa shape index (κ3) is 6.12. The van der Waals surface area contributed by atoms with Crippen molar-refractivity contribution in [1.29, 1.82) is 0 Å². The van der Waals surface area contributed by atoms with Crippen molar-refractivity contribution in [3.05, 3.63) is 14.7 Å². The van der Waals surface area contributed by atoms with E-state index in [1.807, 2.05) is 0 Å². The van der Waals surface area contributed by atoms with Crippen molar-refractivity contribution in [2.45, 2.75) is 46.3 Å². The molecule has 7 nitrogen and oxygen atoms in total. The first-order valence-electron chi connectivity index (χ1n) is 7.29. The normalized spacial score (nSPS) is 12.6. The number of thiophene rings is 1. The Kier molecular flexibility index (Phi) is 6.79. The Bertz CT molecular complexity index is 637. The van der Waals surface area contributed by atoms with E-state index in [0.717, 1.165) is 11.3 Å². The summed E-state index contributed by atoms with van der Waals surface area (Å²) in [4.78, 5) is 36.0. The van der Waals surface area contributed by atoms with Gasteiger partial charge in [0, 0.05) is 5.54 Å². The van der Waals surface area contributed by atoms with Crippen LogP contribution in [0, 0.1) is 5.92 Å². The van der Waals surface area contributed by atoms with Crippen molar-refractivity contribution in [1.82, 2.24) is 5.32 Å². The third-order valence-corrected chi connectivity index (χ3v) is 4.41. The highest BCUT2D eigenvalue weighted by Crippen LogP contribution is 2.31. The van der Waals surface area contributed by atoms with Gasteiger partial charge in [-0.1, -0.05) is 13.8 Å². The first-order valence-corrected chi connectivity index (χ1v) is 8.90. The molecular formula is C15H22BrN3O4S. The highest BCUT2D eigenvalue weighted by Gasteiger charge is 2.29. The summed E-state index contributed by atoms with van der Waals surface area (Å²) in [5.74, 6) is -1.43. The number of hydrogen-bond acceptors (Lipinski definition) is 5. The number of hydrogen-bond donors (Lipinski definition) is 3. The van der Waals surface area contributed by atoms with Crippen LogP contribution in [0.3, 0.4) is 0 Å². The molecule has 1 atom stereocenters. The molecule has 0 bridgehead atoms. The summed E-state index contributed by atoms with van der Waals surface area (Å²) in [5, 5.41) is 5.23. The topological polar surface area (TPSA) is 111 Å². The van der Waals surface area contributed by atoms with Crippen molar-refractivity contribution in [2.24, 2.45) is 11.7 Å². The Morgan fingerprint density at radius 2 is 1.88 bits per heavy atom. The highest BCUT2D eigenvalue weighted by atomic mass is 79.9. The molecule has 1 aromatic rings. The minimum absolute atomic E-state index is 0.219. The van der Waals surface area contributed by atoms with Gasteiger partial charge in [0.2, 0.25) is 0 Å². The number of halogens is 1. The molecule has 1 aromatic heterocycles. The van der Waals surface area contributed by atoms with Crippen molar-refractivity contribution >= 4 is 50.9 Å². The van der Waals surface area contributed by atoms with E-state index >= 15 is 0 Å². The van der Waals surface area contributed by atoms with Crippen LogP contribution in [-0.2, 0) is 9.53 Å². The van der Waals surface area contributed by atoms with E-state index in [0.29, 0.717) is 3.79 Å². The fraction of sp³-hybridized carbons (Fsp3) is 0.533. The summed E-state index contributed by atoms with van der Waals surface area (Å²) < 4.78 is 5.89. The van der Waals surface area contributed by atoms with E-state index in [1.165, 1.54) is 0 Å². The quantitative estimate of drug-likeness (QED) is 0.680. The average molecular weight is 420 g/mol. The third-order valence-electron chi connectivity index (χ3n) is 2.76. The van der Waals surface area contributed by atoms with Gasteiger partial charge in [-0.05, 0) is 48.7 Å². The lowest BCUT2D eigenvalue weighted by Crippen LogP contribution is -2.45. The fourth-order valence-corrected chi connectivity index (χ4v) is 3.19. The predicted octanol–water partition coefficient (Wildman–Crippen LogP) is 3.10. The number of carbonyl (C=O) groups is 3. The minimum atomic E-state index is -1.01. The molecule has 0 fully saturated rings. The maximum atomic E-state index is 12.5. The zero-order valence-electron chi connectivity index (χ0n) is 14.2. The zero-order chi connectivity index (χ0) is 18.7. The molecular weight excluding hydrogens is 398 g/mol. The number of alkyl carbamates (subject to hydrolysis) is 1. The standard InChI is InChI=1S/C15H22BrN3O4S/c1-7(2)10(23-14(22)19-15(3,4)5)13(21)18-8-6-9(16)24-11(8)12(17)20/h6-7,10H,1-5H3,(H2,17,20)(H,18,21)(H,19,22)/t10-/m0/s1. The van der Waals surface area contributed by atoms with Crippen LogP contribution in [-0.4, -0.2) is 29.6 Å². The molecule has 3 amide bonds. The van der Waals surface area contributed by atoms with E-state index in [9.17, 15) is 14.4 Å². The molecule has 0 aliphatic heterocycles. The van der Waals surface area contributed by atoms with Gasteiger partial charge in [0.1, 0.15) is 4.88 Å². The van der Waals surface area contributed by atoms with Gasteiger partial charge >= 0.3 is 6.09 Å². The Balaban J connectivity index is 2.88. The number of primary amides is 1. The molecule has 0 radical (unpaired) electrons. The fourth-order valence-electron chi connectivity index (χ4n) is 1.78. The molecule has 134 valence electrons. The number of ether oxygens (including phenoxy) is 1. The summed E-state index contributed by atoms with van der Waals surface area (Å²) in [6.45, 7) is 8.93. The predicted molar refractivity (Wildman–Crippen MR) is 97.2 cm³/mol. The molecule has 0 aliphatic rings. The summed E-state index contributed by atoms with van der Waals surface area (Å²) in [7, 11) is 0. The molecule has 0 aliphatic carbocycles. The maximum absolute atomic E-state index is 12.5. The summed E-state index contributed by atoms with van der Waals surface area (Å²) >= 11 is 4.36. The molecule has 0 aromatic carbocycles. The lowest BCUT2D eigenvalue weighted by Gasteiger charge is -2.25. The van der Waals surface area contributed by atoms with E-state index in [1.54, 1.807) is 40.7 Å². The van der Waals surface area contributed by atoms with Gasteiger partial charge in [-0.25, -0.2) is 4.79 Å². The zero-order valence-corrected chi connectivity index (χ0v) is 16.6. The van der Waals surface area contributed by atoms with Crippen LogP contribution >= 0.6 is 27.3 Å². The molecule has 1 heterocycles. The summed E-state index contributed by atoms with van der Waals surface area (Å²) in [5.41, 5.74) is 5.10. The van der Waals surface area contributed by atoms with Crippen LogP contribution < -0.4 is 16.4 Å². The van der Waals surface area contributed by atoms with E-state index in [-0.39, 0.29) is 16.5 Å². The van der Waals surface area contributed by atoms with Crippen LogP contribution in [0.15, 0.2) is 9.85 Å². The van der Waals surface area contributed by atoms with Gasteiger partial charge < -0.3 is 21.1 Å². The SMILES string of the molecule is CC(C)[C@H](OC(=O)NC(C)(C)C)C(=O)Nc1cc(Br)sc1C(N)=O. The van der Waals surface area contributed by atoms with Gasteiger partial charge in [-0.3, -0.25) is 9.59 Å². The maximum Gasteiger partial charge on any atom is 0.408 e. The van der Waals surface area contributed by atoms with Crippen molar-refractivity contribution in [3.63, 3.8) is 0 Å². The lowest BCUT2D eigenvalue weighted by molar-refractivity contribution is -0.126. The molecule has 0 saturated heterocycles. The molecule has 4 N–H and O–H groups in total. The Labute approximate surface area is 153 Å². The number of nitrogens with two attached hydrogens (primary N) is 1. The van der Waals surface area contributed by atoms with Crippen LogP contribution in [0.25, 0.3) is 0 Å². The second-order valence-electron chi connectivity index (χ2n) is 6.59. The molecule has 24 heavy (non-hydrogen) atoms. The van der Waals surface area contributed by atoms with Crippen LogP contribution in [0.1, 0.15) is 44.3 Å². The Hall–Kier alpha value is -1.61.